The number of rotatable bonds is 4. The van der Waals surface area contributed by atoms with Crippen LogP contribution in [0.3, 0.4) is 0 Å². The minimum Gasteiger partial charge on any atom is -0.399 e. The number of hydrogen-bond donors (Lipinski definition) is 2. The Morgan fingerprint density at radius 2 is 2.00 bits per heavy atom. The summed E-state index contributed by atoms with van der Waals surface area (Å²) >= 11 is 6.09. The Bertz CT molecular complexity index is 787. The molecule has 0 spiro atoms. The third-order valence-corrected chi connectivity index (χ3v) is 4.68. The van der Waals surface area contributed by atoms with Crippen LogP contribution in [-0.2, 0) is 0 Å². The van der Waals surface area contributed by atoms with Crippen molar-refractivity contribution in [1.82, 2.24) is 0 Å². The van der Waals surface area contributed by atoms with Gasteiger partial charge in [0, 0.05) is 22.9 Å². The number of nitrogen functional groups attached to an aromatic ring is 1. The van der Waals surface area contributed by atoms with Crippen molar-refractivity contribution >= 4 is 23.1 Å². The van der Waals surface area contributed by atoms with Crippen LogP contribution in [0.4, 0.5) is 10.1 Å². The van der Waals surface area contributed by atoms with Gasteiger partial charge in [-0.2, -0.15) is 0 Å². The van der Waals surface area contributed by atoms with Crippen LogP contribution in [0, 0.1) is 18.7 Å². The zero-order chi connectivity index (χ0) is 16.7. The van der Waals surface area contributed by atoms with E-state index >= 15 is 0 Å². The Balaban J connectivity index is 2.05. The third kappa shape index (κ3) is 2.96. The molecular weight excluding hydrogens is 315 g/mol. The van der Waals surface area contributed by atoms with Gasteiger partial charge in [-0.1, -0.05) is 17.7 Å². The molecule has 2 aromatic rings. The van der Waals surface area contributed by atoms with Crippen molar-refractivity contribution in [3.8, 4) is 0 Å². The van der Waals surface area contributed by atoms with E-state index in [0.717, 1.165) is 18.4 Å². The van der Waals surface area contributed by atoms with Crippen molar-refractivity contribution in [1.29, 1.82) is 0 Å². The van der Waals surface area contributed by atoms with Gasteiger partial charge in [-0.05, 0) is 55.5 Å². The van der Waals surface area contributed by atoms with Gasteiger partial charge in [-0.25, -0.2) is 4.39 Å². The minimum absolute atomic E-state index is 0.0914. The predicted molar refractivity (Wildman–Crippen MR) is 90.1 cm³/mol. The summed E-state index contributed by atoms with van der Waals surface area (Å²) in [7, 11) is 0. The van der Waals surface area contributed by atoms with Crippen LogP contribution < -0.4 is 11.5 Å². The maximum atomic E-state index is 14.9. The van der Waals surface area contributed by atoms with Gasteiger partial charge in [0.05, 0.1) is 10.6 Å². The number of hydrogen-bond acceptors (Lipinski definition) is 3. The van der Waals surface area contributed by atoms with Gasteiger partial charge < -0.3 is 11.5 Å². The lowest BCUT2D eigenvalue weighted by atomic mass is 9.95. The maximum Gasteiger partial charge on any atom is 0.197 e. The first-order chi connectivity index (χ1) is 10.9. The second kappa shape index (κ2) is 5.95. The zero-order valence-corrected chi connectivity index (χ0v) is 13.5. The molecule has 1 aliphatic carbocycles. The number of aryl methyl sites for hydroxylation is 1. The van der Waals surface area contributed by atoms with E-state index < -0.39 is 17.6 Å². The second-order valence-electron chi connectivity index (χ2n) is 6.09. The number of halogens is 2. The number of benzene rings is 2. The fourth-order valence-electron chi connectivity index (χ4n) is 2.70. The summed E-state index contributed by atoms with van der Waals surface area (Å²) < 4.78 is 14.9. The monoisotopic (exact) mass is 332 g/mol. The third-order valence-electron chi connectivity index (χ3n) is 4.37. The number of ketones is 1. The van der Waals surface area contributed by atoms with Gasteiger partial charge in [0.15, 0.2) is 5.78 Å². The van der Waals surface area contributed by atoms with Crippen molar-refractivity contribution < 1.29 is 9.18 Å². The molecule has 120 valence electrons. The summed E-state index contributed by atoms with van der Waals surface area (Å²) in [5.41, 5.74) is 13.8. The normalized spacial score (nSPS) is 15.5. The Hall–Kier alpha value is -1.91. The molecule has 1 aliphatic rings. The Kier molecular flexibility index (Phi) is 4.13. The van der Waals surface area contributed by atoms with Crippen LogP contribution in [0.15, 0.2) is 30.3 Å². The molecule has 0 saturated heterocycles. The van der Waals surface area contributed by atoms with Gasteiger partial charge >= 0.3 is 0 Å². The van der Waals surface area contributed by atoms with E-state index in [4.69, 9.17) is 23.1 Å². The van der Waals surface area contributed by atoms with Gasteiger partial charge in [0.2, 0.25) is 0 Å². The van der Waals surface area contributed by atoms with Crippen LogP contribution in [0.2, 0.25) is 5.02 Å². The highest BCUT2D eigenvalue weighted by Gasteiger charge is 2.33. The van der Waals surface area contributed by atoms with Crippen molar-refractivity contribution in [2.45, 2.75) is 25.8 Å². The van der Waals surface area contributed by atoms with Crippen LogP contribution >= 0.6 is 11.6 Å². The van der Waals surface area contributed by atoms with Gasteiger partial charge in [-0.3, -0.25) is 4.79 Å². The van der Waals surface area contributed by atoms with E-state index in [2.05, 4.69) is 0 Å². The summed E-state index contributed by atoms with van der Waals surface area (Å²) in [6.45, 7) is 1.80. The number of nitrogens with two attached hydrogens (primary N) is 2. The molecule has 23 heavy (non-hydrogen) atoms. The SMILES string of the molecule is Cc1cc(C(=O)c2c(Cl)ccc(C(N)C3CC3)c2F)ccc1N. The molecule has 5 heteroatoms. The molecule has 4 N–H and O–H groups in total. The number of carbonyl (C=O) groups is 1. The zero-order valence-electron chi connectivity index (χ0n) is 12.8. The first kappa shape index (κ1) is 16.0. The largest absolute Gasteiger partial charge is 0.399 e. The summed E-state index contributed by atoms with van der Waals surface area (Å²) in [5.74, 6) is -0.788. The van der Waals surface area contributed by atoms with Gasteiger partial charge in [-0.15, -0.1) is 0 Å². The summed E-state index contributed by atoms with van der Waals surface area (Å²) in [5, 5.41) is 0.0914. The Morgan fingerprint density at radius 1 is 1.30 bits per heavy atom. The molecule has 1 fully saturated rings. The molecule has 1 atom stereocenters. The van der Waals surface area contributed by atoms with E-state index in [1.54, 1.807) is 37.3 Å². The highest BCUT2D eigenvalue weighted by Crippen LogP contribution is 2.41. The first-order valence-electron chi connectivity index (χ1n) is 7.54. The molecule has 3 nitrogen and oxygen atoms in total. The molecular formula is C18H18ClFN2O. The highest BCUT2D eigenvalue weighted by atomic mass is 35.5. The lowest BCUT2D eigenvalue weighted by Gasteiger charge is -2.15. The standard InChI is InChI=1S/C18H18ClFN2O/c1-9-8-11(4-7-14(9)21)18(23)15-13(19)6-5-12(16(15)20)17(22)10-2-3-10/h4-8,10,17H,2-3,21-22H2,1H3. The van der Waals surface area contributed by atoms with E-state index in [-0.39, 0.29) is 16.5 Å². The van der Waals surface area contributed by atoms with Crippen molar-refractivity contribution in [3.63, 3.8) is 0 Å². The van der Waals surface area contributed by atoms with E-state index in [1.807, 2.05) is 0 Å². The molecule has 3 rings (SSSR count). The fraction of sp³-hybridized carbons (Fsp3) is 0.278. The molecule has 0 bridgehead atoms. The van der Waals surface area contributed by atoms with Crippen LogP contribution in [-0.4, -0.2) is 5.78 Å². The first-order valence-corrected chi connectivity index (χ1v) is 7.92. The van der Waals surface area contributed by atoms with E-state index in [1.165, 1.54) is 0 Å². The predicted octanol–water partition coefficient (Wildman–Crippen LogP) is 4.01. The fourth-order valence-corrected chi connectivity index (χ4v) is 2.94. The quantitative estimate of drug-likeness (QED) is 0.656. The molecule has 0 amide bonds. The molecule has 1 unspecified atom stereocenters. The van der Waals surface area contributed by atoms with Crippen molar-refractivity contribution in [2.24, 2.45) is 11.7 Å². The average Bonchev–Trinajstić information content (AvgIpc) is 3.34. The average molecular weight is 333 g/mol. The summed E-state index contributed by atoms with van der Waals surface area (Å²) in [6, 6.07) is 7.57. The molecule has 0 heterocycles. The lowest BCUT2D eigenvalue weighted by molar-refractivity contribution is 0.103. The minimum atomic E-state index is -0.614. The van der Waals surface area contributed by atoms with Crippen LogP contribution in [0.1, 0.15) is 45.9 Å². The smallest absolute Gasteiger partial charge is 0.197 e. The van der Waals surface area contributed by atoms with Crippen LogP contribution in [0.5, 0.6) is 0 Å². The molecule has 2 aromatic carbocycles. The Morgan fingerprint density at radius 3 is 2.61 bits per heavy atom. The summed E-state index contributed by atoms with van der Waals surface area (Å²) in [6.07, 6.45) is 1.98. The molecule has 0 aromatic heterocycles. The van der Waals surface area contributed by atoms with Crippen LogP contribution in [0.25, 0.3) is 0 Å². The maximum absolute atomic E-state index is 14.9. The number of anilines is 1. The van der Waals surface area contributed by atoms with E-state index in [0.29, 0.717) is 16.8 Å². The highest BCUT2D eigenvalue weighted by molar-refractivity contribution is 6.35. The second-order valence-corrected chi connectivity index (χ2v) is 6.50. The molecule has 0 aliphatic heterocycles. The topological polar surface area (TPSA) is 69.1 Å². The molecule has 0 radical (unpaired) electrons. The van der Waals surface area contributed by atoms with Gasteiger partial charge in [0.1, 0.15) is 5.82 Å². The lowest BCUT2D eigenvalue weighted by Crippen LogP contribution is -2.17. The molecule has 1 saturated carbocycles. The van der Waals surface area contributed by atoms with Crippen molar-refractivity contribution in [2.75, 3.05) is 5.73 Å². The van der Waals surface area contributed by atoms with E-state index in [9.17, 15) is 9.18 Å². The number of carbonyl (C=O) groups excluding carboxylic acids is 1. The van der Waals surface area contributed by atoms with Gasteiger partial charge in [0.25, 0.3) is 0 Å². The van der Waals surface area contributed by atoms with Crippen molar-refractivity contribution in [3.05, 3.63) is 63.4 Å². The Labute approximate surface area is 139 Å². The summed E-state index contributed by atoms with van der Waals surface area (Å²) in [4.78, 5) is 12.7.